The van der Waals surface area contributed by atoms with E-state index in [1.807, 2.05) is 13.8 Å². The van der Waals surface area contributed by atoms with Crippen LogP contribution in [0, 0.1) is 6.92 Å². The minimum Gasteiger partial charge on any atom is -0.506 e. The highest BCUT2D eigenvalue weighted by Crippen LogP contribution is 2.22. The van der Waals surface area contributed by atoms with Gasteiger partial charge in [-0.05, 0) is 24.6 Å². The van der Waals surface area contributed by atoms with Crippen LogP contribution in [0.3, 0.4) is 0 Å². The van der Waals surface area contributed by atoms with E-state index >= 15 is 0 Å². The number of hydrogen-bond acceptors (Lipinski definition) is 3. The summed E-state index contributed by atoms with van der Waals surface area (Å²) in [5.74, 6) is -0.442. The van der Waals surface area contributed by atoms with Gasteiger partial charge in [0.15, 0.2) is 0 Å². The van der Waals surface area contributed by atoms with Gasteiger partial charge in [0, 0.05) is 0 Å². The van der Waals surface area contributed by atoms with Crippen molar-refractivity contribution >= 4 is 10.1 Å². The van der Waals surface area contributed by atoms with Gasteiger partial charge in [-0.15, -0.1) is 0 Å². The van der Waals surface area contributed by atoms with Crippen molar-refractivity contribution in [3.8, 4) is 5.75 Å². The van der Waals surface area contributed by atoms with Crippen LogP contribution in [0.2, 0.25) is 0 Å². The highest BCUT2D eigenvalue weighted by Gasteiger charge is 2.14. The first-order valence-electron chi connectivity index (χ1n) is 4.18. The van der Waals surface area contributed by atoms with Crippen molar-refractivity contribution in [3.63, 3.8) is 0 Å². The molecule has 1 aromatic rings. The SMILES string of the molecule is CC.Cc1ccc(O)c(S(=O)(=O)O)c1. The smallest absolute Gasteiger partial charge is 0.298 e. The molecular weight excluding hydrogens is 204 g/mol. The number of rotatable bonds is 1. The number of benzene rings is 1. The lowest BCUT2D eigenvalue weighted by Gasteiger charge is -2.00. The average Bonchev–Trinajstić information content (AvgIpc) is 2.11. The molecule has 80 valence electrons. The van der Waals surface area contributed by atoms with Crippen LogP contribution >= 0.6 is 0 Å². The van der Waals surface area contributed by atoms with Crippen LogP contribution in [0.5, 0.6) is 5.75 Å². The molecule has 4 nitrogen and oxygen atoms in total. The quantitative estimate of drug-likeness (QED) is 0.707. The zero-order valence-electron chi connectivity index (χ0n) is 8.35. The van der Waals surface area contributed by atoms with Crippen molar-refractivity contribution in [3.05, 3.63) is 23.8 Å². The monoisotopic (exact) mass is 218 g/mol. The van der Waals surface area contributed by atoms with Crippen molar-refractivity contribution in [2.45, 2.75) is 25.7 Å². The molecule has 5 heteroatoms. The lowest BCUT2D eigenvalue weighted by atomic mass is 10.2. The fourth-order valence-corrected chi connectivity index (χ4v) is 1.50. The Morgan fingerprint density at radius 3 is 2.07 bits per heavy atom. The average molecular weight is 218 g/mol. The Balaban J connectivity index is 0.000000791. The second-order valence-corrected chi connectivity index (χ2v) is 3.84. The van der Waals surface area contributed by atoms with Gasteiger partial charge >= 0.3 is 0 Å². The van der Waals surface area contributed by atoms with Gasteiger partial charge in [-0.1, -0.05) is 19.9 Å². The maximum atomic E-state index is 10.6. The molecule has 2 N–H and O–H groups in total. The highest BCUT2D eigenvalue weighted by atomic mass is 32.2. The van der Waals surface area contributed by atoms with Crippen LogP contribution < -0.4 is 0 Å². The standard InChI is InChI=1S/C7H8O4S.C2H6/c1-5-2-3-6(8)7(4-5)12(9,10)11;1-2/h2-4,8H,1H3,(H,9,10,11);1-2H3. The fourth-order valence-electron chi connectivity index (χ4n) is 0.828. The summed E-state index contributed by atoms with van der Waals surface area (Å²) < 4.78 is 29.8. The molecule has 0 fully saturated rings. The molecule has 0 heterocycles. The predicted octanol–water partition coefficient (Wildman–Crippen LogP) is 1.97. The minimum absolute atomic E-state index is 0.442. The van der Waals surface area contributed by atoms with Crippen molar-refractivity contribution in [2.24, 2.45) is 0 Å². The number of aryl methyl sites for hydroxylation is 1. The molecule has 0 aromatic heterocycles. The van der Waals surface area contributed by atoms with Gasteiger partial charge in [0.2, 0.25) is 0 Å². The summed E-state index contributed by atoms with van der Waals surface area (Å²) in [4.78, 5) is -0.456. The molecule has 0 aliphatic heterocycles. The van der Waals surface area contributed by atoms with Crippen molar-refractivity contribution in [1.82, 2.24) is 0 Å². The number of phenolic OH excluding ortho intramolecular Hbond substituents is 1. The molecule has 1 aromatic carbocycles. The Labute approximate surface area is 84.0 Å². The van der Waals surface area contributed by atoms with Crippen LogP contribution in [0.4, 0.5) is 0 Å². The number of aromatic hydroxyl groups is 1. The molecule has 0 saturated heterocycles. The summed E-state index contributed by atoms with van der Waals surface area (Å²) in [6.45, 7) is 5.66. The molecule has 0 radical (unpaired) electrons. The molecule has 0 unspecified atom stereocenters. The zero-order valence-corrected chi connectivity index (χ0v) is 9.17. The van der Waals surface area contributed by atoms with Gasteiger partial charge in [-0.2, -0.15) is 8.42 Å². The molecule has 14 heavy (non-hydrogen) atoms. The first kappa shape index (κ1) is 12.9. The Kier molecular flexibility index (Phi) is 4.59. The van der Waals surface area contributed by atoms with E-state index in [0.717, 1.165) is 0 Å². The highest BCUT2D eigenvalue weighted by molar-refractivity contribution is 7.86. The molecular formula is C9H14O4S. The molecule has 0 aliphatic rings. The third kappa shape index (κ3) is 3.35. The van der Waals surface area contributed by atoms with Gasteiger partial charge in [-0.3, -0.25) is 4.55 Å². The Bertz CT molecular complexity index is 395. The molecule has 0 saturated carbocycles. The molecule has 0 atom stereocenters. The van der Waals surface area contributed by atoms with E-state index in [2.05, 4.69) is 0 Å². The summed E-state index contributed by atoms with van der Waals surface area (Å²) in [5.41, 5.74) is 0.653. The van der Waals surface area contributed by atoms with Gasteiger partial charge in [0.25, 0.3) is 10.1 Å². The second-order valence-electron chi connectivity index (χ2n) is 2.45. The summed E-state index contributed by atoms with van der Waals surface area (Å²) in [6.07, 6.45) is 0. The van der Waals surface area contributed by atoms with Gasteiger partial charge in [-0.25, -0.2) is 0 Å². The van der Waals surface area contributed by atoms with Gasteiger partial charge in [0.1, 0.15) is 10.6 Å². The van der Waals surface area contributed by atoms with E-state index in [1.165, 1.54) is 12.1 Å². The maximum absolute atomic E-state index is 10.6. The minimum atomic E-state index is -4.31. The molecule has 0 spiro atoms. The van der Waals surface area contributed by atoms with E-state index in [9.17, 15) is 8.42 Å². The van der Waals surface area contributed by atoms with E-state index in [4.69, 9.17) is 9.66 Å². The summed E-state index contributed by atoms with van der Waals surface area (Å²) in [5, 5.41) is 9.03. The third-order valence-corrected chi connectivity index (χ3v) is 2.28. The van der Waals surface area contributed by atoms with E-state index in [-0.39, 0.29) is 0 Å². The third-order valence-electron chi connectivity index (χ3n) is 1.39. The Morgan fingerprint density at radius 2 is 1.71 bits per heavy atom. The predicted molar refractivity (Wildman–Crippen MR) is 54.0 cm³/mol. The molecule has 0 bridgehead atoms. The number of hydrogen-bond donors (Lipinski definition) is 2. The normalized spacial score (nSPS) is 10.3. The van der Waals surface area contributed by atoms with Crippen LogP contribution in [-0.2, 0) is 10.1 Å². The van der Waals surface area contributed by atoms with Crippen molar-refractivity contribution < 1.29 is 18.1 Å². The van der Waals surface area contributed by atoms with Crippen molar-refractivity contribution in [1.29, 1.82) is 0 Å². The molecule has 1 rings (SSSR count). The fraction of sp³-hybridized carbons (Fsp3) is 0.333. The van der Waals surface area contributed by atoms with E-state index in [0.29, 0.717) is 5.56 Å². The first-order valence-corrected chi connectivity index (χ1v) is 5.62. The summed E-state index contributed by atoms with van der Waals surface area (Å²) in [7, 11) is -4.31. The summed E-state index contributed by atoms with van der Waals surface area (Å²) in [6, 6.07) is 3.97. The molecule has 0 aliphatic carbocycles. The second kappa shape index (κ2) is 4.97. The van der Waals surface area contributed by atoms with Crippen molar-refractivity contribution in [2.75, 3.05) is 0 Å². The van der Waals surface area contributed by atoms with Gasteiger partial charge in [0.05, 0.1) is 0 Å². The van der Waals surface area contributed by atoms with Crippen LogP contribution in [-0.4, -0.2) is 18.1 Å². The number of phenols is 1. The van der Waals surface area contributed by atoms with Crippen LogP contribution in [0.1, 0.15) is 19.4 Å². The Morgan fingerprint density at radius 1 is 1.21 bits per heavy atom. The maximum Gasteiger partial charge on any atom is 0.298 e. The van der Waals surface area contributed by atoms with Crippen LogP contribution in [0.25, 0.3) is 0 Å². The lowest BCUT2D eigenvalue weighted by Crippen LogP contribution is -1.98. The summed E-state index contributed by atoms with van der Waals surface area (Å²) >= 11 is 0. The van der Waals surface area contributed by atoms with Crippen LogP contribution in [0.15, 0.2) is 23.1 Å². The Hall–Kier alpha value is -1.07. The molecule has 0 amide bonds. The van der Waals surface area contributed by atoms with E-state index in [1.54, 1.807) is 13.0 Å². The first-order chi connectivity index (χ1) is 6.41. The van der Waals surface area contributed by atoms with E-state index < -0.39 is 20.8 Å². The lowest BCUT2D eigenvalue weighted by molar-refractivity contribution is 0.443. The van der Waals surface area contributed by atoms with Gasteiger partial charge < -0.3 is 5.11 Å². The zero-order chi connectivity index (χ0) is 11.4. The largest absolute Gasteiger partial charge is 0.506 e. The topological polar surface area (TPSA) is 74.6 Å².